The number of rotatable bonds is 3. The van der Waals surface area contributed by atoms with Crippen LogP contribution < -0.4 is 0 Å². The maximum absolute atomic E-state index is 11.8. The lowest BCUT2D eigenvalue weighted by atomic mass is 10.2. The van der Waals surface area contributed by atoms with Crippen molar-refractivity contribution in [3.63, 3.8) is 0 Å². The molecule has 0 saturated carbocycles. The zero-order valence-corrected chi connectivity index (χ0v) is 8.79. The number of ketones is 1. The van der Waals surface area contributed by atoms with E-state index in [9.17, 15) is 4.79 Å². The first kappa shape index (κ1) is 10.0. The fourth-order valence-electron chi connectivity index (χ4n) is 1.53. The molecule has 0 spiro atoms. The minimum atomic E-state index is -0.144. The van der Waals surface area contributed by atoms with Crippen LogP contribution >= 0.6 is 0 Å². The fraction of sp³-hybridized carbons (Fsp3) is 0.417. The first-order valence-electron chi connectivity index (χ1n) is 5.27. The van der Waals surface area contributed by atoms with Crippen molar-refractivity contribution >= 4 is 5.78 Å². The lowest BCUT2D eigenvalue weighted by Gasteiger charge is -2.12. The van der Waals surface area contributed by atoms with Gasteiger partial charge in [0.25, 0.3) is 5.78 Å². The summed E-state index contributed by atoms with van der Waals surface area (Å²) >= 11 is 0. The van der Waals surface area contributed by atoms with Crippen LogP contribution in [0.25, 0.3) is 0 Å². The second-order valence-electron chi connectivity index (χ2n) is 3.51. The summed E-state index contributed by atoms with van der Waals surface area (Å²) in [6.07, 6.45) is 4.52. The van der Waals surface area contributed by atoms with Gasteiger partial charge in [0.15, 0.2) is 11.5 Å². The van der Waals surface area contributed by atoms with Crippen LogP contribution in [-0.2, 0) is 11.2 Å². The number of hydrogen-bond donors (Lipinski definition) is 0. The number of ether oxygens (including phenoxy) is 1. The van der Waals surface area contributed by atoms with E-state index in [-0.39, 0.29) is 5.78 Å². The minimum Gasteiger partial charge on any atom is -0.490 e. The summed E-state index contributed by atoms with van der Waals surface area (Å²) in [4.78, 5) is 11.8. The van der Waals surface area contributed by atoms with Gasteiger partial charge in [-0.25, -0.2) is 0 Å². The molecule has 2 heterocycles. The van der Waals surface area contributed by atoms with Crippen molar-refractivity contribution in [2.45, 2.75) is 26.2 Å². The summed E-state index contributed by atoms with van der Waals surface area (Å²) in [5.74, 6) is 1.49. The van der Waals surface area contributed by atoms with Gasteiger partial charge in [-0.05, 0) is 31.1 Å². The average Bonchev–Trinajstić information content (AvgIpc) is 2.78. The molecule has 0 atom stereocenters. The van der Waals surface area contributed by atoms with Crippen molar-refractivity contribution in [2.24, 2.45) is 0 Å². The monoisotopic (exact) mass is 206 g/mol. The van der Waals surface area contributed by atoms with Crippen molar-refractivity contribution in [1.29, 1.82) is 0 Å². The summed E-state index contributed by atoms with van der Waals surface area (Å²) in [6, 6.07) is 3.54. The molecule has 0 fully saturated rings. The molecule has 0 amide bonds. The maximum atomic E-state index is 11.8. The minimum absolute atomic E-state index is 0.144. The van der Waals surface area contributed by atoms with Gasteiger partial charge in [0, 0.05) is 6.42 Å². The molecule has 15 heavy (non-hydrogen) atoms. The fourth-order valence-corrected chi connectivity index (χ4v) is 1.53. The van der Waals surface area contributed by atoms with Gasteiger partial charge in [-0.2, -0.15) is 0 Å². The molecule has 1 aliphatic heterocycles. The highest BCUT2D eigenvalue weighted by molar-refractivity contribution is 6.05. The second kappa shape index (κ2) is 4.34. The molecule has 3 heteroatoms. The Morgan fingerprint density at radius 1 is 1.47 bits per heavy atom. The van der Waals surface area contributed by atoms with Crippen molar-refractivity contribution in [3.8, 4) is 0 Å². The number of hydrogen-bond acceptors (Lipinski definition) is 3. The molecule has 0 radical (unpaired) electrons. The van der Waals surface area contributed by atoms with Gasteiger partial charge in [0.05, 0.1) is 6.61 Å². The Morgan fingerprint density at radius 2 is 2.33 bits per heavy atom. The second-order valence-corrected chi connectivity index (χ2v) is 3.51. The maximum Gasteiger partial charge on any atom is 0.262 e. The molecule has 3 nitrogen and oxygen atoms in total. The molecule has 0 unspecified atom stereocenters. The van der Waals surface area contributed by atoms with Gasteiger partial charge in [0.1, 0.15) is 5.76 Å². The van der Waals surface area contributed by atoms with Crippen molar-refractivity contribution in [2.75, 3.05) is 6.61 Å². The number of aryl methyl sites for hydroxylation is 1. The van der Waals surface area contributed by atoms with Crippen LogP contribution in [0.4, 0.5) is 0 Å². The van der Waals surface area contributed by atoms with E-state index in [1.54, 1.807) is 6.07 Å². The Kier molecular flexibility index (Phi) is 2.90. The van der Waals surface area contributed by atoms with Crippen LogP contribution in [0.3, 0.4) is 0 Å². The number of allylic oxidation sites excluding steroid dienone is 2. The highest BCUT2D eigenvalue weighted by Gasteiger charge is 2.19. The lowest BCUT2D eigenvalue weighted by Crippen LogP contribution is -2.10. The van der Waals surface area contributed by atoms with Gasteiger partial charge in [0.2, 0.25) is 0 Å². The molecule has 0 saturated heterocycles. The van der Waals surface area contributed by atoms with Crippen LogP contribution in [-0.4, -0.2) is 12.4 Å². The zero-order chi connectivity index (χ0) is 10.7. The number of carbonyl (C=O) groups is 1. The summed E-state index contributed by atoms with van der Waals surface area (Å²) in [6.45, 7) is 2.61. The van der Waals surface area contributed by atoms with Crippen LogP contribution in [0.15, 0.2) is 28.4 Å². The first-order valence-corrected chi connectivity index (χ1v) is 5.27. The Hall–Kier alpha value is -1.51. The average molecular weight is 206 g/mol. The van der Waals surface area contributed by atoms with E-state index in [0.29, 0.717) is 18.1 Å². The lowest BCUT2D eigenvalue weighted by molar-refractivity contribution is 0.0871. The molecule has 0 aromatic carbocycles. The highest BCUT2D eigenvalue weighted by atomic mass is 16.5. The van der Waals surface area contributed by atoms with E-state index in [4.69, 9.17) is 9.15 Å². The third kappa shape index (κ3) is 2.12. The SMILES string of the molecule is CCc1ccc(C(=O)C2=CCCCO2)o1. The Balaban J connectivity index is 2.16. The first-order chi connectivity index (χ1) is 7.31. The summed E-state index contributed by atoms with van der Waals surface area (Å²) in [5, 5.41) is 0. The molecule has 0 N–H and O–H groups in total. The molecule has 80 valence electrons. The Labute approximate surface area is 88.7 Å². The normalized spacial score (nSPS) is 15.7. The van der Waals surface area contributed by atoms with Gasteiger partial charge < -0.3 is 9.15 Å². The molecule has 0 bridgehead atoms. The summed E-state index contributed by atoms with van der Waals surface area (Å²) in [5.41, 5.74) is 0. The smallest absolute Gasteiger partial charge is 0.262 e. The molecular formula is C12H14O3. The number of furan rings is 1. The third-order valence-electron chi connectivity index (χ3n) is 2.39. The van der Waals surface area contributed by atoms with Crippen molar-refractivity contribution < 1.29 is 13.9 Å². The largest absolute Gasteiger partial charge is 0.490 e. The zero-order valence-electron chi connectivity index (χ0n) is 8.79. The van der Waals surface area contributed by atoms with Gasteiger partial charge in [-0.3, -0.25) is 4.79 Å². The topological polar surface area (TPSA) is 39.4 Å². The van der Waals surface area contributed by atoms with Crippen molar-refractivity contribution in [3.05, 3.63) is 35.5 Å². The van der Waals surface area contributed by atoms with Crippen LogP contribution in [0.2, 0.25) is 0 Å². The summed E-state index contributed by atoms with van der Waals surface area (Å²) < 4.78 is 10.7. The van der Waals surface area contributed by atoms with Crippen molar-refractivity contribution in [1.82, 2.24) is 0 Å². The quantitative estimate of drug-likeness (QED) is 0.714. The van der Waals surface area contributed by atoms with E-state index in [2.05, 4.69) is 0 Å². The van der Waals surface area contributed by atoms with E-state index >= 15 is 0 Å². The van der Waals surface area contributed by atoms with Gasteiger partial charge >= 0.3 is 0 Å². The Morgan fingerprint density at radius 3 is 2.93 bits per heavy atom. The van der Waals surface area contributed by atoms with E-state index in [0.717, 1.165) is 25.0 Å². The van der Waals surface area contributed by atoms with E-state index in [1.165, 1.54) is 0 Å². The standard InChI is InChI=1S/C12H14O3/c1-2-9-6-7-11(15-9)12(13)10-5-3-4-8-14-10/h5-7H,2-4,8H2,1H3. The molecule has 2 rings (SSSR count). The molecule has 1 aliphatic rings. The predicted molar refractivity (Wildman–Crippen MR) is 55.7 cm³/mol. The molecule has 1 aromatic rings. The van der Waals surface area contributed by atoms with Crippen LogP contribution in [0.1, 0.15) is 36.1 Å². The molecule has 0 aliphatic carbocycles. The van der Waals surface area contributed by atoms with E-state index in [1.807, 2.05) is 19.1 Å². The van der Waals surface area contributed by atoms with Crippen LogP contribution in [0.5, 0.6) is 0 Å². The number of Topliss-reactive ketones (excluding diaryl/α,β-unsaturated/α-hetero) is 1. The van der Waals surface area contributed by atoms with Gasteiger partial charge in [-0.1, -0.05) is 6.92 Å². The summed E-state index contributed by atoms with van der Waals surface area (Å²) in [7, 11) is 0. The molecular weight excluding hydrogens is 192 g/mol. The highest BCUT2D eigenvalue weighted by Crippen LogP contribution is 2.17. The van der Waals surface area contributed by atoms with Gasteiger partial charge in [-0.15, -0.1) is 0 Å². The van der Waals surface area contributed by atoms with E-state index < -0.39 is 0 Å². The number of carbonyl (C=O) groups excluding carboxylic acids is 1. The predicted octanol–water partition coefficient (Wildman–Crippen LogP) is 2.72. The van der Waals surface area contributed by atoms with Crippen LogP contribution in [0, 0.1) is 0 Å². The molecule has 1 aromatic heterocycles. The third-order valence-corrected chi connectivity index (χ3v) is 2.39. The Bertz CT molecular complexity index is 387.